The van der Waals surface area contributed by atoms with Crippen LogP contribution >= 0.6 is 0 Å². The number of amides is 1. The van der Waals surface area contributed by atoms with E-state index >= 15 is 0 Å². The van der Waals surface area contributed by atoms with Gasteiger partial charge in [-0.2, -0.15) is 5.10 Å². The molecule has 0 saturated heterocycles. The average molecular weight is 374 g/mol. The van der Waals surface area contributed by atoms with Crippen LogP contribution in [0.3, 0.4) is 0 Å². The molecule has 4 aromatic rings. The maximum atomic E-state index is 12.8. The standard InChI is InChI=1S/C20H18N6O2/c1-12-4-7-14(8-5-12)26-18-16(22-11-25(3)20(18)28)17(24-26)19(27)23-15-9-6-13(2)10-21-15/h4-11H,1-3H3,(H,21,23,27). The molecule has 4 rings (SSSR count). The molecule has 28 heavy (non-hydrogen) atoms. The average Bonchev–Trinajstić information content (AvgIpc) is 3.07. The largest absolute Gasteiger partial charge is 0.305 e. The van der Waals surface area contributed by atoms with Crippen LogP contribution in [0.15, 0.2) is 53.7 Å². The van der Waals surface area contributed by atoms with Gasteiger partial charge in [0.15, 0.2) is 11.2 Å². The summed E-state index contributed by atoms with van der Waals surface area (Å²) < 4.78 is 2.82. The van der Waals surface area contributed by atoms with Crippen molar-refractivity contribution in [3.05, 3.63) is 76.1 Å². The van der Waals surface area contributed by atoms with Gasteiger partial charge in [0.05, 0.1) is 12.0 Å². The Balaban J connectivity index is 1.86. The second kappa shape index (κ2) is 6.73. The molecule has 8 heteroatoms. The summed E-state index contributed by atoms with van der Waals surface area (Å²) in [4.78, 5) is 34.0. The zero-order chi connectivity index (χ0) is 19.8. The van der Waals surface area contributed by atoms with E-state index in [0.717, 1.165) is 11.1 Å². The first-order valence-corrected chi connectivity index (χ1v) is 8.69. The Bertz CT molecular complexity index is 1240. The first kappa shape index (κ1) is 17.6. The van der Waals surface area contributed by atoms with E-state index in [9.17, 15) is 9.59 Å². The van der Waals surface area contributed by atoms with Crippen LogP contribution in [0.4, 0.5) is 5.82 Å². The van der Waals surface area contributed by atoms with Crippen molar-refractivity contribution in [2.45, 2.75) is 13.8 Å². The van der Waals surface area contributed by atoms with Gasteiger partial charge in [0.1, 0.15) is 11.3 Å². The van der Waals surface area contributed by atoms with E-state index in [0.29, 0.717) is 11.5 Å². The van der Waals surface area contributed by atoms with Crippen LogP contribution in [0.2, 0.25) is 0 Å². The van der Waals surface area contributed by atoms with Crippen LogP contribution < -0.4 is 10.9 Å². The second-order valence-electron chi connectivity index (χ2n) is 6.63. The maximum absolute atomic E-state index is 12.8. The number of hydrogen-bond donors (Lipinski definition) is 1. The maximum Gasteiger partial charge on any atom is 0.279 e. The lowest BCUT2D eigenvalue weighted by Gasteiger charge is -2.04. The minimum absolute atomic E-state index is 0.0654. The predicted octanol–water partition coefficient (Wildman–Crippen LogP) is 2.38. The van der Waals surface area contributed by atoms with Crippen molar-refractivity contribution in [2.75, 3.05) is 5.32 Å². The number of hydrogen-bond acceptors (Lipinski definition) is 5. The molecule has 0 saturated carbocycles. The fourth-order valence-corrected chi connectivity index (χ4v) is 2.83. The molecule has 3 heterocycles. The van der Waals surface area contributed by atoms with Gasteiger partial charge in [-0.1, -0.05) is 23.8 Å². The van der Waals surface area contributed by atoms with Crippen LogP contribution in [0.1, 0.15) is 21.6 Å². The highest BCUT2D eigenvalue weighted by atomic mass is 16.2. The van der Waals surface area contributed by atoms with Gasteiger partial charge in [-0.05, 0) is 37.6 Å². The van der Waals surface area contributed by atoms with Gasteiger partial charge < -0.3 is 9.88 Å². The smallest absolute Gasteiger partial charge is 0.279 e. The molecule has 3 aromatic heterocycles. The van der Waals surface area contributed by atoms with Crippen molar-refractivity contribution >= 4 is 22.8 Å². The summed E-state index contributed by atoms with van der Waals surface area (Å²) in [7, 11) is 1.61. The number of anilines is 1. The molecule has 1 aromatic carbocycles. The molecule has 0 unspecified atom stereocenters. The lowest BCUT2D eigenvalue weighted by Crippen LogP contribution is -2.19. The highest BCUT2D eigenvalue weighted by molar-refractivity contribution is 6.09. The Morgan fingerprint density at radius 3 is 2.39 bits per heavy atom. The third-order valence-electron chi connectivity index (χ3n) is 4.39. The number of aryl methyl sites for hydroxylation is 3. The second-order valence-corrected chi connectivity index (χ2v) is 6.63. The van der Waals surface area contributed by atoms with E-state index in [2.05, 4.69) is 20.4 Å². The summed E-state index contributed by atoms with van der Waals surface area (Å²) in [6.45, 7) is 3.88. The van der Waals surface area contributed by atoms with Crippen molar-refractivity contribution in [3.63, 3.8) is 0 Å². The van der Waals surface area contributed by atoms with Gasteiger partial charge >= 0.3 is 0 Å². The minimum Gasteiger partial charge on any atom is -0.305 e. The van der Waals surface area contributed by atoms with E-state index in [4.69, 9.17) is 0 Å². The van der Waals surface area contributed by atoms with E-state index in [1.165, 1.54) is 15.6 Å². The van der Waals surface area contributed by atoms with Gasteiger partial charge in [-0.25, -0.2) is 14.6 Å². The van der Waals surface area contributed by atoms with Crippen LogP contribution in [0.5, 0.6) is 0 Å². The number of pyridine rings is 1. The number of aromatic nitrogens is 5. The molecule has 0 aliphatic rings. The zero-order valence-corrected chi connectivity index (χ0v) is 15.7. The molecule has 0 fully saturated rings. The lowest BCUT2D eigenvalue weighted by atomic mass is 10.2. The Kier molecular flexibility index (Phi) is 4.23. The van der Waals surface area contributed by atoms with Crippen LogP contribution in [-0.2, 0) is 7.05 Å². The van der Waals surface area contributed by atoms with E-state index < -0.39 is 5.91 Å². The van der Waals surface area contributed by atoms with Crippen molar-refractivity contribution in [1.29, 1.82) is 0 Å². The highest BCUT2D eigenvalue weighted by Crippen LogP contribution is 2.19. The van der Waals surface area contributed by atoms with E-state index in [1.807, 2.05) is 44.2 Å². The first-order chi connectivity index (χ1) is 13.4. The Hall–Kier alpha value is -3.81. The van der Waals surface area contributed by atoms with Crippen molar-refractivity contribution < 1.29 is 4.79 Å². The third kappa shape index (κ3) is 3.05. The number of fused-ring (bicyclic) bond motifs is 1. The molecule has 0 aliphatic carbocycles. The monoisotopic (exact) mass is 374 g/mol. The van der Waals surface area contributed by atoms with E-state index in [-0.39, 0.29) is 22.3 Å². The molecule has 0 atom stereocenters. The Morgan fingerprint density at radius 2 is 1.71 bits per heavy atom. The van der Waals surface area contributed by atoms with Gasteiger partial charge in [0, 0.05) is 13.2 Å². The van der Waals surface area contributed by atoms with Crippen molar-refractivity contribution in [1.82, 2.24) is 24.3 Å². The van der Waals surface area contributed by atoms with Crippen molar-refractivity contribution in [2.24, 2.45) is 7.05 Å². The van der Waals surface area contributed by atoms with Crippen LogP contribution in [-0.4, -0.2) is 30.2 Å². The van der Waals surface area contributed by atoms with Gasteiger partial charge in [-0.15, -0.1) is 0 Å². The zero-order valence-electron chi connectivity index (χ0n) is 15.7. The summed E-state index contributed by atoms with van der Waals surface area (Å²) in [5.74, 6) is -0.0783. The van der Waals surface area contributed by atoms with Crippen LogP contribution in [0.25, 0.3) is 16.7 Å². The Labute approximate surface area is 160 Å². The van der Waals surface area contributed by atoms with Gasteiger partial charge in [-0.3, -0.25) is 9.59 Å². The predicted molar refractivity (Wildman–Crippen MR) is 106 cm³/mol. The van der Waals surface area contributed by atoms with Crippen molar-refractivity contribution in [3.8, 4) is 5.69 Å². The molecule has 0 spiro atoms. The molecule has 1 N–H and O–H groups in total. The third-order valence-corrected chi connectivity index (χ3v) is 4.39. The summed E-state index contributed by atoms with van der Waals surface area (Å²) >= 11 is 0. The highest BCUT2D eigenvalue weighted by Gasteiger charge is 2.22. The number of nitrogens with one attached hydrogen (secondary N) is 1. The number of benzene rings is 1. The van der Waals surface area contributed by atoms with Gasteiger partial charge in [0.2, 0.25) is 0 Å². The molecule has 0 bridgehead atoms. The molecule has 0 radical (unpaired) electrons. The van der Waals surface area contributed by atoms with Crippen LogP contribution in [0, 0.1) is 13.8 Å². The summed E-state index contributed by atoms with van der Waals surface area (Å²) in [5, 5.41) is 7.12. The molecule has 8 nitrogen and oxygen atoms in total. The summed E-state index contributed by atoms with van der Waals surface area (Å²) in [6, 6.07) is 11.1. The topological polar surface area (TPSA) is 94.7 Å². The fraction of sp³-hybridized carbons (Fsp3) is 0.150. The Morgan fingerprint density at radius 1 is 1.00 bits per heavy atom. The quantitative estimate of drug-likeness (QED) is 0.594. The normalized spacial score (nSPS) is 11.0. The molecule has 140 valence electrons. The molecular formula is C20H18N6O2. The first-order valence-electron chi connectivity index (χ1n) is 8.69. The minimum atomic E-state index is -0.479. The summed E-state index contributed by atoms with van der Waals surface area (Å²) in [6.07, 6.45) is 3.04. The number of carbonyl (C=O) groups excluding carboxylic acids is 1. The lowest BCUT2D eigenvalue weighted by molar-refractivity contribution is 0.102. The number of nitrogens with zero attached hydrogens (tertiary/aromatic N) is 5. The fourth-order valence-electron chi connectivity index (χ4n) is 2.83. The molecular weight excluding hydrogens is 356 g/mol. The molecule has 1 amide bonds. The summed E-state index contributed by atoms with van der Waals surface area (Å²) in [5.41, 5.74) is 3.01. The van der Waals surface area contributed by atoms with E-state index in [1.54, 1.807) is 19.3 Å². The number of carbonyl (C=O) groups is 1. The number of rotatable bonds is 3. The van der Waals surface area contributed by atoms with Gasteiger partial charge in [0.25, 0.3) is 11.5 Å². The SMILES string of the molecule is Cc1ccc(-n2nc(C(=O)Nc3ccc(C)cn3)c3ncn(C)c(=O)c32)cc1. The molecule has 0 aliphatic heterocycles.